The quantitative estimate of drug-likeness (QED) is 0.137. The summed E-state index contributed by atoms with van der Waals surface area (Å²) in [4.78, 5) is 15.8. The first kappa shape index (κ1) is 43.5. The molecule has 1 aliphatic rings. The van der Waals surface area contributed by atoms with Crippen molar-refractivity contribution in [1.29, 1.82) is 0 Å². The van der Waals surface area contributed by atoms with E-state index in [1.807, 2.05) is 36.4 Å². The molecule has 0 radical (unpaired) electrons. The first-order valence-electron chi connectivity index (χ1n) is 25.1. The topological polar surface area (TPSA) is 43.6 Å². The van der Waals surface area contributed by atoms with Crippen molar-refractivity contribution in [3.8, 4) is 95.5 Å². The van der Waals surface area contributed by atoms with Crippen LogP contribution < -0.4 is 0 Å². The highest BCUT2D eigenvalue weighted by Crippen LogP contribution is 2.52. The van der Waals surface area contributed by atoms with Crippen LogP contribution >= 0.6 is 0 Å². The molecule has 12 aromatic rings. The van der Waals surface area contributed by atoms with Crippen LogP contribution in [0.15, 0.2) is 267 Å². The average Bonchev–Trinajstić information content (AvgIpc) is 3.84. The van der Waals surface area contributed by atoms with Crippen LogP contribution in [0.5, 0.6) is 0 Å². The molecule has 73 heavy (non-hydrogen) atoms. The lowest BCUT2D eigenvalue weighted by molar-refractivity contribution is 1.06. The molecule has 0 saturated carbocycles. The van der Waals surface area contributed by atoms with Crippen LogP contribution in [-0.2, 0) is 0 Å². The Bertz CT molecular complexity index is 3900. The number of allylic oxidation sites excluding steroid dienone is 4. The highest BCUT2D eigenvalue weighted by Gasteiger charge is 2.29. The van der Waals surface area contributed by atoms with Crippen LogP contribution in [0.25, 0.3) is 123 Å². The lowest BCUT2D eigenvalue weighted by Gasteiger charge is -2.23. The Balaban J connectivity index is 1.26. The number of rotatable bonds is 10. The fourth-order valence-corrected chi connectivity index (χ4v) is 10.8. The Labute approximate surface area is 425 Å². The van der Waals surface area contributed by atoms with Crippen molar-refractivity contribution in [3.05, 3.63) is 273 Å². The molecule has 0 bridgehead atoms. The van der Waals surface area contributed by atoms with E-state index in [2.05, 4.69) is 235 Å². The van der Waals surface area contributed by atoms with E-state index in [-0.39, 0.29) is 0 Å². The molecule has 0 atom stereocenters. The van der Waals surface area contributed by atoms with Crippen LogP contribution in [-0.4, -0.2) is 19.5 Å². The van der Waals surface area contributed by atoms with Crippen LogP contribution in [0.1, 0.15) is 18.4 Å². The van der Waals surface area contributed by atoms with Gasteiger partial charge in [0.2, 0.25) is 0 Å². The Hall–Kier alpha value is -9.51. The molecule has 2 aromatic heterocycles. The van der Waals surface area contributed by atoms with Crippen molar-refractivity contribution in [2.24, 2.45) is 0 Å². The molecule has 10 aromatic carbocycles. The molecule has 0 aliphatic heterocycles. The number of hydrogen-bond acceptors (Lipinski definition) is 3. The van der Waals surface area contributed by atoms with Gasteiger partial charge in [0.05, 0.1) is 16.7 Å². The summed E-state index contributed by atoms with van der Waals surface area (Å²) in [6, 6.07) is 89.0. The van der Waals surface area contributed by atoms with E-state index in [1.165, 1.54) is 33.0 Å². The summed E-state index contributed by atoms with van der Waals surface area (Å²) < 4.78 is 2.64. The zero-order valence-electron chi connectivity index (χ0n) is 40.1. The number of hydrogen-bond donors (Lipinski definition) is 0. The second-order valence-electron chi connectivity index (χ2n) is 18.6. The van der Waals surface area contributed by atoms with E-state index in [4.69, 9.17) is 15.0 Å². The second kappa shape index (κ2) is 19.0. The normalized spacial score (nSPS) is 12.3. The van der Waals surface area contributed by atoms with Gasteiger partial charge in [0, 0.05) is 49.7 Å². The first-order valence-corrected chi connectivity index (χ1v) is 25.1. The van der Waals surface area contributed by atoms with Gasteiger partial charge in [0.25, 0.3) is 0 Å². The maximum Gasteiger partial charge on any atom is 0.164 e. The summed E-state index contributed by atoms with van der Waals surface area (Å²) in [5.41, 5.74) is 19.8. The minimum Gasteiger partial charge on any atom is -0.307 e. The van der Waals surface area contributed by atoms with E-state index < -0.39 is 0 Å². The van der Waals surface area contributed by atoms with E-state index >= 15 is 0 Å². The Morgan fingerprint density at radius 3 is 1.03 bits per heavy atom. The van der Waals surface area contributed by atoms with Crippen LogP contribution in [0, 0.1) is 0 Å². The highest BCUT2D eigenvalue weighted by atomic mass is 15.0. The summed E-state index contributed by atoms with van der Waals surface area (Å²) in [5.74, 6) is 1.83. The smallest absolute Gasteiger partial charge is 0.164 e. The van der Waals surface area contributed by atoms with Crippen molar-refractivity contribution < 1.29 is 0 Å². The molecular weight excluding hydrogens is 885 g/mol. The third-order valence-electron chi connectivity index (χ3n) is 14.1. The van der Waals surface area contributed by atoms with Gasteiger partial charge >= 0.3 is 0 Å². The summed E-state index contributed by atoms with van der Waals surface area (Å²) in [6.07, 6.45) is 8.77. The first-order chi connectivity index (χ1) is 36.2. The van der Waals surface area contributed by atoms with E-state index in [9.17, 15) is 0 Å². The second-order valence-corrected chi connectivity index (χ2v) is 18.6. The van der Waals surface area contributed by atoms with E-state index in [0.29, 0.717) is 17.5 Å². The van der Waals surface area contributed by atoms with Crippen molar-refractivity contribution in [3.63, 3.8) is 0 Å². The van der Waals surface area contributed by atoms with Gasteiger partial charge < -0.3 is 4.57 Å². The van der Waals surface area contributed by atoms with Gasteiger partial charge in [-0.3, -0.25) is 0 Å². The molecule has 0 unspecified atom stereocenters. The zero-order chi connectivity index (χ0) is 48.5. The predicted molar refractivity (Wildman–Crippen MR) is 304 cm³/mol. The molecule has 0 spiro atoms. The van der Waals surface area contributed by atoms with E-state index in [1.54, 1.807) is 0 Å². The number of aromatic nitrogens is 4. The SMILES string of the molecule is C1=CCCC(c2ccc(-c3ccccc3)c3c2c2c(-c4ccccc4)ccc(-c4ccccc4)c2n3-c2c(-c3ccccc3)cc(-c3nc(-c4ccccc4)nc(-c4ccccc4)n3)cc2-c2ccccc2)=C1. The molecule has 4 heteroatoms. The maximum absolute atomic E-state index is 5.34. The van der Waals surface area contributed by atoms with Crippen molar-refractivity contribution in [1.82, 2.24) is 19.5 Å². The van der Waals surface area contributed by atoms with E-state index in [0.717, 1.165) is 90.8 Å². The summed E-state index contributed by atoms with van der Waals surface area (Å²) in [6.45, 7) is 0. The third kappa shape index (κ3) is 8.05. The molecule has 0 N–H and O–H groups in total. The minimum absolute atomic E-state index is 0.594. The van der Waals surface area contributed by atoms with Crippen molar-refractivity contribution in [2.75, 3.05) is 0 Å². The lowest BCUT2D eigenvalue weighted by atomic mass is 9.88. The fourth-order valence-electron chi connectivity index (χ4n) is 10.8. The summed E-state index contributed by atoms with van der Waals surface area (Å²) >= 11 is 0. The Kier molecular flexibility index (Phi) is 11.3. The standard InChI is InChI=1S/C69H48N4/c1-9-25-47(26-10-1)56-41-43-58(49-29-13-3-14-30-49)65-62(56)63-57(48-27-11-2-12-28-48)42-44-59(50-31-15-4-16-32-50)66(63)73(65)64-60(51-33-17-5-18-34-51)45-55(46-61(64)52-35-19-6-20-36-52)69-71-67(53-37-21-7-22-38-53)70-68(72-69)54-39-23-8-24-40-54/h1-11,13-27,29-46H,12,28H2. The zero-order valence-corrected chi connectivity index (χ0v) is 40.1. The maximum atomic E-state index is 5.34. The Morgan fingerprint density at radius 1 is 0.301 bits per heavy atom. The van der Waals surface area contributed by atoms with Crippen LogP contribution in [0.4, 0.5) is 0 Å². The number of benzene rings is 10. The van der Waals surface area contributed by atoms with Gasteiger partial charge in [-0.25, -0.2) is 15.0 Å². The summed E-state index contributed by atoms with van der Waals surface area (Å²) in [7, 11) is 0. The van der Waals surface area contributed by atoms with Gasteiger partial charge in [0.15, 0.2) is 17.5 Å². The van der Waals surface area contributed by atoms with Crippen molar-refractivity contribution >= 4 is 27.4 Å². The monoisotopic (exact) mass is 932 g/mol. The predicted octanol–water partition coefficient (Wildman–Crippen LogP) is 18.0. The molecule has 344 valence electrons. The van der Waals surface area contributed by atoms with Gasteiger partial charge in [-0.1, -0.05) is 255 Å². The Morgan fingerprint density at radius 2 is 0.630 bits per heavy atom. The van der Waals surface area contributed by atoms with Crippen LogP contribution in [0.3, 0.4) is 0 Å². The third-order valence-corrected chi connectivity index (χ3v) is 14.1. The molecule has 4 nitrogen and oxygen atoms in total. The van der Waals surface area contributed by atoms with Gasteiger partial charge in [0.1, 0.15) is 0 Å². The molecule has 2 heterocycles. The largest absolute Gasteiger partial charge is 0.307 e. The van der Waals surface area contributed by atoms with Gasteiger partial charge in [-0.15, -0.1) is 0 Å². The van der Waals surface area contributed by atoms with Gasteiger partial charge in [-0.05, 0) is 69.5 Å². The molecule has 0 amide bonds. The molecular formula is C69H48N4. The molecule has 0 saturated heterocycles. The van der Waals surface area contributed by atoms with Gasteiger partial charge in [-0.2, -0.15) is 0 Å². The number of nitrogens with zero attached hydrogens (tertiary/aromatic N) is 4. The summed E-state index contributed by atoms with van der Waals surface area (Å²) in [5, 5.41) is 2.44. The number of fused-ring (bicyclic) bond motifs is 3. The van der Waals surface area contributed by atoms with Crippen LogP contribution in [0.2, 0.25) is 0 Å². The highest BCUT2D eigenvalue weighted by molar-refractivity contribution is 6.25. The van der Waals surface area contributed by atoms with Crippen molar-refractivity contribution in [2.45, 2.75) is 12.8 Å². The molecule has 0 fully saturated rings. The molecule has 13 rings (SSSR count). The minimum atomic E-state index is 0.594. The molecule has 1 aliphatic carbocycles. The lowest BCUT2D eigenvalue weighted by Crippen LogP contribution is -2.05. The average molecular weight is 933 g/mol. The fraction of sp³-hybridized carbons (Fsp3) is 0.0290.